The van der Waals surface area contributed by atoms with E-state index in [0.717, 1.165) is 70.8 Å². The Hall–Kier alpha value is -0.940. The number of carbonyl (C=O) groups is 2. The summed E-state index contributed by atoms with van der Waals surface area (Å²) in [6.45, 7) is 7.88. The fourth-order valence-electron chi connectivity index (χ4n) is 8.45. The summed E-state index contributed by atoms with van der Waals surface area (Å²) in [6.07, 6.45) is 13.9. The first-order valence-electron chi connectivity index (χ1n) is 14.3. The second-order valence-corrected chi connectivity index (χ2v) is 12.4. The van der Waals surface area contributed by atoms with Crippen molar-refractivity contribution in [1.82, 2.24) is 0 Å². The number of carbonyl (C=O) groups excluding carboxylic acids is 1. The van der Waals surface area contributed by atoms with Crippen LogP contribution in [-0.4, -0.2) is 35.9 Å². The van der Waals surface area contributed by atoms with Gasteiger partial charge >= 0.3 is 5.97 Å². The maximum Gasteiger partial charge on any atom is 0.303 e. The lowest BCUT2D eigenvalue weighted by atomic mass is 9.53. The number of fused-ring (bicyclic) bond motifs is 3. The average molecular weight is 477 g/mol. The molecule has 5 nitrogen and oxygen atoms in total. The summed E-state index contributed by atoms with van der Waals surface area (Å²) in [7, 11) is 0. The van der Waals surface area contributed by atoms with Crippen molar-refractivity contribution in [3.8, 4) is 0 Å². The SMILES string of the molecule is CC1CCC(OC2CCCCO2)CCCC(=O)C2C1CCC1(C)C(C(C)CCC(=O)O)CCC21. The Labute approximate surface area is 206 Å². The van der Waals surface area contributed by atoms with Crippen LogP contribution in [0.5, 0.6) is 0 Å². The molecule has 1 aliphatic heterocycles. The van der Waals surface area contributed by atoms with Crippen LogP contribution in [0.3, 0.4) is 0 Å². The van der Waals surface area contributed by atoms with Gasteiger partial charge in [-0.1, -0.05) is 20.8 Å². The molecule has 3 aliphatic carbocycles. The fraction of sp³-hybridized carbons (Fsp3) is 0.931. The van der Waals surface area contributed by atoms with Gasteiger partial charge in [0.05, 0.1) is 6.10 Å². The molecular formula is C29H48O5. The van der Waals surface area contributed by atoms with Gasteiger partial charge in [-0.25, -0.2) is 0 Å². The van der Waals surface area contributed by atoms with Gasteiger partial charge < -0.3 is 14.6 Å². The summed E-state index contributed by atoms with van der Waals surface area (Å²) in [5.41, 5.74) is 0.183. The second-order valence-electron chi connectivity index (χ2n) is 12.4. The summed E-state index contributed by atoms with van der Waals surface area (Å²) in [5, 5.41) is 9.18. The third-order valence-corrected chi connectivity index (χ3v) is 10.4. The van der Waals surface area contributed by atoms with Crippen LogP contribution in [0.1, 0.15) is 111 Å². The fourth-order valence-corrected chi connectivity index (χ4v) is 8.45. The van der Waals surface area contributed by atoms with E-state index in [-0.39, 0.29) is 30.1 Å². The zero-order valence-corrected chi connectivity index (χ0v) is 21.8. The molecule has 1 heterocycles. The van der Waals surface area contributed by atoms with E-state index in [1.165, 1.54) is 12.8 Å². The topological polar surface area (TPSA) is 72.8 Å². The van der Waals surface area contributed by atoms with Crippen molar-refractivity contribution in [2.45, 2.75) is 123 Å². The minimum atomic E-state index is -0.691. The molecule has 4 rings (SSSR count). The zero-order valence-electron chi connectivity index (χ0n) is 21.8. The third-order valence-electron chi connectivity index (χ3n) is 10.4. The van der Waals surface area contributed by atoms with Gasteiger partial charge in [-0.3, -0.25) is 9.59 Å². The lowest BCUT2D eigenvalue weighted by Crippen LogP contribution is -2.47. The molecular weight excluding hydrogens is 428 g/mol. The van der Waals surface area contributed by atoms with Gasteiger partial charge in [0.1, 0.15) is 5.78 Å². The highest BCUT2D eigenvalue weighted by molar-refractivity contribution is 5.82. The minimum Gasteiger partial charge on any atom is -0.481 e. The Morgan fingerprint density at radius 1 is 1.12 bits per heavy atom. The summed E-state index contributed by atoms with van der Waals surface area (Å²) in [5.74, 6) is 2.47. The lowest BCUT2D eigenvalue weighted by Gasteiger charge is -2.51. The largest absolute Gasteiger partial charge is 0.481 e. The molecule has 0 radical (unpaired) electrons. The van der Waals surface area contributed by atoms with Crippen LogP contribution in [0, 0.1) is 40.9 Å². The molecule has 0 aromatic heterocycles. The maximum atomic E-state index is 13.7. The number of hydrogen-bond acceptors (Lipinski definition) is 4. The number of carboxylic acid groups (broad SMARTS) is 1. The monoisotopic (exact) mass is 476 g/mol. The van der Waals surface area contributed by atoms with Gasteiger partial charge in [0.15, 0.2) is 6.29 Å². The minimum absolute atomic E-state index is 0.0469. The number of Topliss-reactive ketones (excluding diaryl/α,β-unsaturated/α-hetero) is 1. The van der Waals surface area contributed by atoms with Crippen molar-refractivity contribution in [3.63, 3.8) is 0 Å². The van der Waals surface area contributed by atoms with Gasteiger partial charge in [0.2, 0.25) is 0 Å². The molecule has 0 spiro atoms. The Bertz CT molecular complexity index is 701. The predicted octanol–water partition coefficient (Wildman–Crippen LogP) is 6.63. The molecule has 1 N–H and O–H groups in total. The van der Waals surface area contributed by atoms with E-state index < -0.39 is 5.97 Å². The van der Waals surface area contributed by atoms with Crippen LogP contribution in [0.25, 0.3) is 0 Å². The highest BCUT2D eigenvalue weighted by atomic mass is 16.7. The van der Waals surface area contributed by atoms with Crippen LogP contribution in [-0.2, 0) is 19.1 Å². The van der Waals surface area contributed by atoms with Gasteiger partial charge in [-0.2, -0.15) is 0 Å². The number of aliphatic carboxylic acids is 1. The van der Waals surface area contributed by atoms with E-state index in [1.54, 1.807) is 0 Å². The van der Waals surface area contributed by atoms with Crippen molar-refractivity contribution in [3.05, 3.63) is 0 Å². The number of hydrogen-bond donors (Lipinski definition) is 1. The molecule has 9 unspecified atom stereocenters. The van der Waals surface area contributed by atoms with Gasteiger partial charge in [-0.15, -0.1) is 0 Å². The Morgan fingerprint density at radius 2 is 1.94 bits per heavy atom. The van der Waals surface area contributed by atoms with E-state index in [4.69, 9.17) is 9.47 Å². The van der Waals surface area contributed by atoms with Crippen molar-refractivity contribution in [2.75, 3.05) is 6.61 Å². The van der Waals surface area contributed by atoms with Gasteiger partial charge in [0, 0.05) is 25.4 Å². The van der Waals surface area contributed by atoms with Crippen molar-refractivity contribution >= 4 is 11.8 Å². The highest BCUT2D eigenvalue weighted by Gasteiger charge is 2.57. The van der Waals surface area contributed by atoms with E-state index in [9.17, 15) is 14.7 Å². The van der Waals surface area contributed by atoms with E-state index >= 15 is 0 Å². The molecule has 4 aliphatic rings. The number of ketones is 1. The maximum absolute atomic E-state index is 13.7. The van der Waals surface area contributed by atoms with Crippen LogP contribution < -0.4 is 0 Å². The first-order chi connectivity index (χ1) is 16.3. The number of ether oxygens (including phenoxy) is 2. The first kappa shape index (κ1) is 26.1. The van der Waals surface area contributed by atoms with E-state index in [0.29, 0.717) is 41.8 Å². The lowest BCUT2D eigenvalue weighted by molar-refractivity contribution is -0.192. The van der Waals surface area contributed by atoms with Crippen molar-refractivity contribution in [2.24, 2.45) is 40.9 Å². The molecule has 0 bridgehead atoms. The van der Waals surface area contributed by atoms with E-state index in [2.05, 4.69) is 20.8 Å². The molecule has 34 heavy (non-hydrogen) atoms. The highest BCUT2D eigenvalue weighted by Crippen LogP contribution is 2.62. The standard InChI is InChI=1S/C29H48O5/c1-19-10-12-21(34-27-9-4-5-18-33-27)7-6-8-25(30)28-22(19)16-17-29(3)23(13-14-24(28)29)20(2)11-15-26(31)32/h19-24,27-28H,4-18H2,1-3H3,(H,31,32). The Morgan fingerprint density at radius 3 is 2.68 bits per heavy atom. The molecule has 0 aromatic rings. The van der Waals surface area contributed by atoms with Crippen LogP contribution in [0.15, 0.2) is 0 Å². The van der Waals surface area contributed by atoms with Crippen LogP contribution >= 0.6 is 0 Å². The molecule has 5 heteroatoms. The molecule has 194 valence electrons. The summed E-state index contributed by atoms with van der Waals surface area (Å²) < 4.78 is 12.2. The molecule has 0 amide bonds. The molecule has 3 saturated carbocycles. The van der Waals surface area contributed by atoms with Gasteiger partial charge in [-0.05, 0) is 112 Å². The first-order valence-corrected chi connectivity index (χ1v) is 14.3. The predicted molar refractivity (Wildman–Crippen MR) is 132 cm³/mol. The summed E-state index contributed by atoms with van der Waals surface area (Å²) >= 11 is 0. The number of carboxylic acids is 1. The van der Waals surface area contributed by atoms with Crippen molar-refractivity contribution in [1.29, 1.82) is 0 Å². The normalized spacial score (nSPS) is 42.4. The smallest absolute Gasteiger partial charge is 0.303 e. The molecule has 4 fully saturated rings. The Balaban J connectivity index is 1.43. The average Bonchev–Trinajstić information content (AvgIpc) is 3.17. The third kappa shape index (κ3) is 5.72. The van der Waals surface area contributed by atoms with Crippen LogP contribution in [0.4, 0.5) is 0 Å². The zero-order chi connectivity index (χ0) is 24.3. The quantitative estimate of drug-likeness (QED) is 0.466. The van der Waals surface area contributed by atoms with E-state index in [1.807, 2.05) is 0 Å². The molecule has 0 aromatic carbocycles. The summed E-state index contributed by atoms with van der Waals surface area (Å²) in [4.78, 5) is 24.9. The molecule has 9 atom stereocenters. The van der Waals surface area contributed by atoms with Gasteiger partial charge in [0.25, 0.3) is 0 Å². The molecule has 1 saturated heterocycles. The number of rotatable bonds is 6. The van der Waals surface area contributed by atoms with Crippen molar-refractivity contribution < 1.29 is 24.2 Å². The summed E-state index contributed by atoms with van der Waals surface area (Å²) in [6, 6.07) is 0. The Kier molecular flexibility index (Phi) is 8.77. The van der Waals surface area contributed by atoms with Crippen LogP contribution in [0.2, 0.25) is 0 Å². The second kappa shape index (κ2) is 11.4.